The molecule has 1 fully saturated rings. The van der Waals surface area contributed by atoms with Crippen molar-refractivity contribution in [3.63, 3.8) is 0 Å². The Morgan fingerprint density at radius 3 is 2.55 bits per heavy atom. The van der Waals surface area contributed by atoms with Crippen molar-refractivity contribution in [1.82, 2.24) is 15.1 Å². The van der Waals surface area contributed by atoms with Gasteiger partial charge in [0.2, 0.25) is 5.91 Å². The number of hydrogen-bond acceptors (Lipinski definition) is 3. The van der Waals surface area contributed by atoms with Gasteiger partial charge in [-0.15, -0.1) is 0 Å². The third-order valence-corrected chi connectivity index (χ3v) is 3.52. The molecule has 1 saturated heterocycles. The van der Waals surface area contributed by atoms with Crippen molar-refractivity contribution in [3.05, 3.63) is 0 Å². The van der Waals surface area contributed by atoms with Crippen molar-refractivity contribution in [3.8, 4) is 0 Å². The molecule has 1 aliphatic rings. The summed E-state index contributed by atoms with van der Waals surface area (Å²) in [5.41, 5.74) is -0.925. The highest BCUT2D eigenvalue weighted by molar-refractivity contribution is 5.91. The molecule has 1 heterocycles. The quantitative estimate of drug-likeness (QED) is 0.787. The van der Waals surface area contributed by atoms with Crippen LogP contribution < -0.4 is 5.32 Å². The predicted molar refractivity (Wildman–Crippen MR) is 73.3 cm³/mol. The van der Waals surface area contributed by atoms with Crippen LogP contribution in [0.1, 0.15) is 34.1 Å². The summed E-state index contributed by atoms with van der Waals surface area (Å²) in [6.45, 7) is 8.02. The molecule has 0 bridgehead atoms. The Morgan fingerprint density at radius 2 is 2.05 bits per heavy atom. The van der Waals surface area contributed by atoms with Gasteiger partial charge in [-0.2, -0.15) is 0 Å². The molecule has 0 atom stereocenters. The van der Waals surface area contributed by atoms with Gasteiger partial charge in [0.25, 0.3) is 0 Å². The van der Waals surface area contributed by atoms with Crippen LogP contribution in [0.5, 0.6) is 0 Å². The van der Waals surface area contributed by atoms with E-state index in [0.29, 0.717) is 13.1 Å². The molecule has 0 aromatic heterocycles. The second-order valence-corrected chi connectivity index (χ2v) is 5.68. The molecule has 7 nitrogen and oxygen atoms in total. The van der Waals surface area contributed by atoms with Gasteiger partial charge >= 0.3 is 12.0 Å². The molecule has 114 valence electrons. The molecule has 0 radical (unpaired) electrons. The average molecular weight is 285 g/mol. The summed E-state index contributed by atoms with van der Waals surface area (Å²) >= 11 is 0. The van der Waals surface area contributed by atoms with Crippen LogP contribution in [0.15, 0.2) is 0 Å². The maximum atomic E-state index is 12.6. The van der Waals surface area contributed by atoms with Gasteiger partial charge in [-0.3, -0.25) is 9.59 Å². The van der Waals surface area contributed by atoms with Crippen LogP contribution in [0.3, 0.4) is 0 Å². The molecule has 1 rings (SSSR count). The van der Waals surface area contributed by atoms with E-state index in [9.17, 15) is 14.4 Å². The summed E-state index contributed by atoms with van der Waals surface area (Å²) in [7, 11) is 0. The van der Waals surface area contributed by atoms with Crippen molar-refractivity contribution in [2.45, 2.75) is 45.7 Å². The average Bonchev–Trinajstić information content (AvgIpc) is 2.31. The number of carboxylic acids is 1. The van der Waals surface area contributed by atoms with Crippen LogP contribution in [-0.4, -0.2) is 64.0 Å². The number of carbonyl (C=O) groups is 3. The standard InChI is InChI=1S/C13H23N3O4/c1-9(2)15(7-5-10(17)18)12(20)16-8-6-14-11(19)13(16,3)4/h9H,5-8H2,1-4H3,(H,14,19)(H,17,18). The number of aliphatic carboxylic acids is 1. The normalized spacial score (nSPS) is 17.9. The van der Waals surface area contributed by atoms with E-state index < -0.39 is 11.5 Å². The number of amides is 3. The lowest BCUT2D eigenvalue weighted by Gasteiger charge is -2.44. The van der Waals surface area contributed by atoms with E-state index in [1.165, 1.54) is 9.80 Å². The fourth-order valence-corrected chi connectivity index (χ4v) is 2.18. The van der Waals surface area contributed by atoms with Crippen LogP contribution in [-0.2, 0) is 9.59 Å². The van der Waals surface area contributed by atoms with E-state index in [0.717, 1.165) is 0 Å². The largest absolute Gasteiger partial charge is 0.481 e. The summed E-state index contributed by atoms with van der Waals surface area (Å²) in [5.74, 6) is -1.14. The van der Waals surface area contributed by atoms with Gasteiger partial charge in [0.15, 0.2) is 0 Å². The summed E-state index contributed by atoms with van der Waals surface area (Å²) in [6, 6.07) is -0.413. The molecule has 0 saturated carbocycles. The van der Waals surface area contributed by atoms with Crippen LogP contribution in [0.4, 0.5) is 4.79 Å². The van der Waals surface area contributed by atoms with Gasteiger partial charge in [-0.05, 0) is 27.7 Å². The number of carbonyl (C=O) groups excluding carboxylic acids is 2. The molecule has 7 heteroatoms. The molecule has 20 heavy (non-hydrogen) atoms. The van der Waals surface area contributed by atoms with Crippen LogP contribution in [0.2, 0.25) is 0 Å². The van der Waals surface area contributed by atoms with Crippen LogP contribution >= 0.6 is 0 Å². The topological polar surface area (TPSA) is 90.0 Å². The number of nitrogens with zero attached hydrogens (tertiary/aromatic N) is 2. The zero-order chi connectivity index (χ0) is 15.5. The second-order valence-electron chi connectivity index (χ2n) is 5.68. The zero-order valence-electron chi connectivity index (χ0n) is 12.5. The minimum atomic E-state index is -0.945. The van der Waals surface area contributed by atoms with Crippen molar-refractivity contribution < 1.29 is 19.5 Å². The first-order valence-electron chi connectivity index (χ1n) is 6.76. The third kappa shape index (κ3) is 3.40. The predicted octanol–water partition coefficient (Wildman–Crippen LogP) is 0.502. The SMILES string of the molecule is CC(C)N(CCC(=O)O)C(=O)N1CCNC(=O)C1(C)C. The Balaban J connectivity index is 2.88. The van der Waals surface area contributed by atoms with E-state index in [4.69, 9.17) is 5.11 Å². The van der Waals surface area contributed by atoms with Crippen molar-refractivity contribution >= 4 is 17.9 Å². The Kier molecular flexibility index (Phi) is 4.97. The van der Waals surface area contributed by atoms with Gasteiger partial charge in [-0.25, -0.2) is 4.79 Å². The van der Waals surface area contributed by atoms with Crippen molar-refractivity contribution in [1.29, 1.82) is 0 Å². The summed E-state index contributed by atoms with van der Waals surface area (Å²) < 4.78 is 0. The number of carboxylic acid groups (broad SMARTS) is 1. The second kappa shape index (κ2) is 6.11. The molecule has 0 unspecified atom stereocenters. The molecule has 2 N–H and O–H groups in total. The van der Waals surface area contributed by atoms with E-state index >= 15 is 0 Å². The van der Waals surface area contributed by atoms with Gasteiger partial charge in [0.1, 0.15) is 5.54 Å². The zero-order valence-corrected chi connectivity index (χ0v) is 12.5. The molecule has 1 aliphatic heterocycles. The smallest absolute Gasteiger partial charge is 0.321 e. The van der Waals surface area contributed by atoms with Crippen molar-refractivity contribution in [2.24, 2.45) is 0 Å². The van der Waals surface area contributed by atoms with E-state index in [2.05, 4.69) is 5.32 Å². The summed E-state index contributed by atoms with van der Waals surface area (Å²) in [5, 5.41) is 11.5. The highest BCUT2D eigenvalue weighted by Crippen LogP contribution is 2.20. The highest BCUT2D eigenvalue weighted by Gasteiger charge is 2.42. The minimum Gasteiger partial charge on any atom is -0.481 e. The maximum Gasteiger partial charge on any atom is 0.321 e. The van der Waals surface area contributed by atoms with Gasteiger partial charge in [0.05, 0.1) is 6.42 Å². The first-order valence-corrected chi connectivity index (χ1v) is 6.76. The fraction of sp³-hybridized carbons (Fsp3) is 0.769. The maximum absolute atomic E-state index is 12.6. The van der Waals surface area contributed by atoms with Gasteiger partial charge in [-0.1, -0.05) is 0 Å². The lowest BCUT2D eigenvalue weighted by atomic mass is 9.99. The Morgan fingerprint density at radius 1 is 1.45 bits per heavy atom. The monoisotopic (exact) mass is 285 g/mol. The van der Waals surface area contributed by atoms with Crippen LogP contribution in [0.25, 0.3) is 0 Å². The Bertz CT molecular complexity index is 406. The van der Waals surface area contributed by atoms with Gasteiger partial charge in [0, 0.05) is 25.7 Å². The fourth-order valence-electron chi connectivity index (χ4n) is 2.18. The number of piperazine rings is 1. The lowest BCUT2D eigenvalue weighted by Crippen LogP contribution is -2.66. The van der Waals surface area contributed by atoms with Gasteiger partial charge < -0.3 is 20.2 Å². The number of nitrogens with one attached hydrogen (secondary N) is 1. The molecule has 3 amide bonds. The lowest BCUT2D eigenvalue weighted by molar-refractivity contribution is -0.137. The first kappa shape index (κ1) is 16.3. The molecule has 0 aromatic carbocycles. The van der Waals surface area contributed by atoms with E-state index in [-0.39, 0.29) is 30.9 Å². The first-order chi connectivity index (χ1) is 9.17. The Labute approximate surface area is 118 Å². The summed E-state index contributed by atoms with van der Waals surface area (Å²) in [4.78, 5) is 38.2. The number of urea groups is 1. The van der Waals surface area contributed by atoms with E-state index in [1.54, 1.807) is 13.8 Å². The Hall–Kier alpha value is -1.79. The third-order valence-electron chi connectivity index (χ3n) is 3.52. The van der Waals surface area contributed by atoms with Crippen molar-refractivity contribution in [2.75, 3.05) is 19.6 Å². The highest BCUT2D eigenvalue weighted by atomic mass is 16.4. The van der Waals surface area contributed by atoms with E-state index in [1.807, 2.05) is 13.8 Å². The molecule has 0 aliphatic carbocycles. The molecule has 0 aromatic rings. The molecular formula is C13H23N3O4. The summed E-state index contributed by atoms with van der Waals surface area (Å²) in [6.07, 6.45) is -0.107. The minimum absolute atomic E-state index is 0.107. The number of rotatable bonds is 4. The molecule has 0 spiro atoms. The number of hydrogen-bond donors (Lipinski definition) is 2. The van der Waals surface area contributed by atoms with Crippen LogP contribution in [0, 0.1) is 0 Å². The molecular weight excluding hydrogens is 262 g/mol.